The second kappa shape index (κ2) is 4.41. The normalized spacial score (nSPS) is 10.5. The van der Waals surface area contributed by atoms with Crippen molar-refractivity contribution in [1.29, 1.82) is 0 Å². The number of pyridine rings is 1. The van der Waals surface area contributed by atoms with E-state index in [0.29, 0.717) is 0 Å². The fourth-order valence-corrected chi connectivity index (χ4v) is 1.83. The molecule has 0 saturated heterocycles. The molecule has 0 amide bonds. The van der Waals surface area contributed by atoms with E-state index < -0.39 is 0 Å². The molecule has 18 heavy (non-hydrogen) atoms. The highest BCUT2D eigenvalue weighted by Gasteiger charge is 2.06. The van der Waals surface area contributed by atoms with E-state index in [0.717, 1.165) is 16.9 Å². The number of hydrogen-bond donors (Lipinski definition) is 0. The Morgan fingerprint density at radius 1 is 0.944 bits per heavy atom. The van der Waals surface area contributed by atoms with Crippen molar-refractivity contribution < 1.29 is 4.39 Å². The molecule has 1 aromatic carbocycles. The summed E-state index contributed by atoms with van der Waals surface area (Å²) in [7, 11) is 0. The minimum absolute atomic E-state index is 0.244. The Kier molecular flexibility index (Phi) is 2.61. The summed E-state index contributed by atoms with van der Waals surface area (Å²) in [6.45, 7) is 0. The van der Waals surface area contributed by atoms with E-state index in [9.17, 15) is 4.39 Å². The molecule has 2 aromatic heterocycles. The maximum atomic E-state index is 12.9. The van der Waals surface area contributed by atoms with E-state index in [4.69, 9.17) is 0 Å². The molecule has 0 radical (unpaired) electrons. The van der Waals surface area contributed by atoms with Gasteiger partial charge in [-0.05, 0) is 36.4 Å². The Hall–Kier alpha value is -2.49. The minimum Gasteiger partial charge on any atom is -0.297 e. The molecule has 3 aromatic rings. The molecule has 88 valence electrons. The Balaban J connectivity index is 2.10. The molecule has 0 atom stereocenters. The van der Waals surface area contributed by atoms with Gasteiger partial charge in [-0.3, -0.25) is 9.55 Å². The van der Waals surface area contributed by atoms with Gasteiger partial charge in [0.15, 0.2) is 0 Å². The van der Waals surface area contributed by atoms with Crippen LogP contribution in [-0.2, 0) is 0 Å². The highest BCUT2D eigenvalue weighted by Crippen LogP contribution is 2.22. The first-order valence-electron chi connectivity index (χ1n) is 5.53. The maximum Gasteiger partial charge on any atom is 0.123 e. The molecule has 0 saturated carbocycles. The first kappa shape index (κ1) is 10.7. The smallest absolute Gasteiger partial charge is 0.123 e. The van der Waals surface area contributed by atoms with Gasteiger partial charge in [0.05, 0.1) is 30.1 Å². The summed E-state index contributed by atoms with van der Waals surface area (Å²) in [6, 6.07) is 10.2. The van der Waals surface area contributed by atoms with E-state index >= 15 is 0 Å². The van der Waals surface area contributed by atoms with Gasteiger partial charge in [-0.1, -0.05) is 0 Å². The third-order valence-electron chi connectivity index (χ3n) is 2.70. The summed E-state index contributed by atoms with van der Waals surface area (Å²) < 4.78 is 14.8. The average Bonchev–Trinajstić information content (AvgIpc) is 2.90. The molecule has 0 N–H and O–H groups in total. The summed E-state index contributed by atoms with van der Waals surface area (Å²) >= 11 is 0. The topological polar surface area (TPSA) is 30.7 Å². The van der Waals surface area contributed by atoms with E-state index in [-0.39, 0.29) is 5.82 Å². The highest BCUT2D eigenvalue weighted by atomic mass is 19.1. The molecule has 0 spiro atoms. The highest BCUT2D eigenvalue weighted by molar-refractivity contribution is 5.61. The third kappa shape index (κ3) is 1.88. The van der Waals surface area contributed by atoms with Crippen molar-refractivity contribution in [2.45, 2.75) is 0 Å². The lowest BCUT2D eigenvalue weighted by Crippen LogP contribution is -1.95. The standard InChI is InChI=1S/C14H10FN3/c15-12-5-3-11(4-6-12)14-9-17-10-18(14)13-2-1-7-16-8-13/h1-10H. The van der Waals surface area contributed by atoms with Crippen LogP contribution in [0.15, 0.2) is 61.3 Å². The number of halogens is 1. The van der Waals surface area contributed by atoms with Crippen LogP contribution >= 0.6 is 0 Å². The van der Waals surface area contributed by atoms with E-state index in [1.165, 1.54) is 12.1 Å². The molecule has 3 rings (SSSR count). The third-order valence-corrected chi connectivity index (χ3v) is 2.70. The van der Waals surface area contributed by atoms with Gasteiger partial charge in [0, 0.05) is 11.8 Å². The van der Waals surface area contributed by atoms with Crippen molar-refractivity contribution in [3.63, 3.8) is 0 Å². The molecule has 0 fully saturated rings. The molecule has 0 aliphatic heterocycles. The lowest BCUT2D eigenvalue weighted by Gasteiger charge is -2.07. The molecule has 0 aliphatic rings. The van der Waals surface area contributed by atoms with E-state index in [2.05, 4.69) is 9.97 Å². The number of aromatic nitrogens is 3. The Bertz CT molecular complexity index is 644. The molecule has 2 heterocycles. The predicted molar refractivity (Wildman–Crippen MR) is 66.8 cm³/mol. The molecular weight excluding hydrogens is 229 g/mol. The van der Waals surface area contributed by atoms with Crippen LogP contribution < -0.4 is 0 Å². The second-order valence-corrected chi connectivity index (χ2v) is 3.87. The Labute approximate surface area is 104 Å². The summed E-state index contributed by atoms with van der Waals surface area (Å²) in [5.74, 6) is -0.244. The Morgan fingerprint density at radius 3 is 2.50 bits per heavy atom. The van der Waals surface area contributed by atoms with Gasteiger partial charge in [0.1, 0.15) is 5.82 Å². The van der Waals surface area contributed by atoms with Gasteiger partial charge in [-0.25, -0.2) is 9.37 Å². The van der Waals surface area contributed by atoms with E-state index in [1.807, 2.05) is 16.7 Å². The largest absolute Gasteiger partial charge is 0.297 e. The lowest BCUT2D eigenvalue weighted by molar-refractivity contribution is 0.628. The number of nitrogens with zero attached hydrogens (tertiary/aromatic N) is 3. The second-order valence-electron chi connectivity index (χ2n) is 3.87. The summed E-state index contributed by atoms with van der Waals surface area (Å²) in [6.07, 6.45) is 6.95. The van der Waals surface area contributed by atoms with E-state index in [1.54, 1.807) is 37.1 Å². The number of rotatable bonds is 2. The first-order chi connectivity index (χ1) is 8.84. The van der Waals surface area contributed by atoms with Gasteiger partial charge in [0.25, 0.3) is 0 Å². The van der Waals surface area contributed by atoms with Crippen molar-refractivity contribution in [3.8, 4) is 16.9 Å². The van der Waals surface area contributed by atoms with Gasteiger partial charge in [-0.15, -0.1) is 0 Å². The lowest BCUT2D eigenvalue weighted by atomic mass is 10.1. The van der Waals surface area contributed by atoms with Crippen LogP contribution in [0, 0.1) is 5.82 Å². The molecule has 0 aliphatic carbocycles. The molecular formula is C14H10FN3. The van der Waals surface area contributed by atoms with Crippen LogP contribution in [0.25, 0.3) is 16.9 Å². The van der Waals surface area contributed by atoms with Gasteiger partial charge in [0.2, 0.25) is 0 Å². The van der Waals surface area contributed by atoms with Gasteiger partial charge >= 0.3 is 0 Å². The predicted octanol–water partition coefficient (Wildman–Crippen LogP) is 3.07. The minimum atomic E-state index is -0.244. The van der Waals surface area contributed by atoms with Crippen molar-refractivity contribution in [2.75, 3.05) is 0 Å². The number of imidazole rings is 1. The summed E-state index contributed by atoms with van der Waals surface area (Å²) in [5.41, 5.74) is 2.75. The van der Waals surface area contributed by atoms with Crippen molar-refractivity contribution >= 4 is 0 Å². The average molecular weight is 239 g/mol. The molecule has 3 nitrogen and oxygen atoms in total. The zero-order valence-electron chi connectivity index (χ0n) is 9.49. The number of hydrogen-bond acceptors (Lipinski definition) is 2. The van der Waals surface area contributed by atoms with Gasteiger partial charge < -0.3 is 0 Å². The summed E-state index contributed by atoms with van der Waals surface area (Å²) in [4.78, 5) is 8.22. The molecule has 4 heteroatoms. The maximum absolute atomic E-state index is 12.9. The number of benzene rings is 1. The van der Waals surface area contributed by atoms with Crippen LogP contribution in [-0.4, -0.2) is 14.5 Å². The fourth-order valence-electron chi connectivity index (χ4n) is 1.83. The van der Waals surface area contributed by atoms with Crippen LogP contribution in [0.1, 0.15) is 0 Å². The zero-order valence-corrected chi connectivity index (χ0v) is 9.49. The van der Waals surface area contributed by atoms with Gasteiger partial charge in [-0.2, -0.15) is 0 Å². The van der Waals surface area contributed by atoms with Crippen LogP contribution in [0.5, 0.6) is 0 Å². The van der Waals surface area contributed by atoms with Crippen molar-refractivity contribution in [2.24, 2.45) is 0 Å². The van der Waals surface area contributed by atoms with Crippen LogP contribution in [0.2, 0.25) is 0 Å². The van der Waals surface area contributed by atoms with Crippen molar-refractivity contribution in [3.05, 3.63) is 67.1 Å². The quantitative estimate of drug-likeness (QED) is 0.688. The molecule has 0 unspecified atom stereocenters. The fraction of sp³-hybridized carbons (Fsp3) is 0. The summed E-state index contributed by atoms with van der Waals surface area (Å²) in [5, 5.41) is 0. The zero-order chi connectivity index (χ0) is 12.4. The van der Waals surface area contributed by atoms with Crippen molar-refractivity contribution in [1.82, 2.24) is 14.5 Å². The van der Waals surface area contributed by atoms with Crippen LogP contribution in [0.4, 0.5) is 4.39 Å². The van der Waals surface area contributed by atoms with Crippen LogP contribution in [0.3, 0.4) is 0 Å². The monoisotopic (exact) mass is 239 g/mol. The first-order valence-corrected chi connectivity index (χ1v) is 5.53. The SMILES string of the molecule is Fc1ccc(-c2cncn2-c2cccnc2)cc1. The Morgan fingerprint density at radius 2 is 1.78 bits per heavy atom. The molecule has 0 bridgehead atoms.